The van der Waals surface area contributed by atoms with Crippen LogP contribution in [-0.2, 0) is 15.7 Å². The number of ether oxygens (including phenoxy) is 2. The quantitative estimate of drug-likeness (QED) is 0.366. The summed E-state index contributed by atoms with van der Waals surface area (Å²) in [7, 11) is 1.19. The second-order valence-electron chi connectivity index (χ2n) is 9.51. The summed E-state index contributed by atoms with van der Waals surface area (Å²) in [4.78, 5) is 27.8. The van der Waals surface area contributed by atoms with Gasteiger partial charge in [-0.1, -0.05) is 6.92 Å². The summed E-state index contributed by atoms with van der Waals surface area (Å²) in [6.07, 6.45) is -1.33. The number of nitrogen functional groups attached to an aromatic ring is 2. The molecule has 0 heterocycles. The molecular formula is C26H32F3N3O4. The Bertz CT molecular complexity index is 1130. The number of rotatable bonds is 6. The summed E-state index contributed by atoms with van der Waals surface area (Å²) < 4.78 is 51.2. The van der Waals surface area contributed by atoms with Crippen LogP contribution >= 0.6 is 0 Å². The number of hydrogen-bond donors (Lipinski definition) is 2. The van der Waals surface area contributed by atoms with Crippen LogP contribution in [0.4, 0.5) is 30.2 Å². The van der Waals surface area contributed by atoms with Crippen LogP contribution in [0.5, 0.6) is 11.5 Å². The topological polar surface area (TPSA) is 108 Å². The number of nitrogens with two attached hydrogens (primary N) is 2. The molecule has 0 aliphatic heterocycles. The molecule has 36 heavy (non-hydrogen) atoms. The second kappa shape index (κ2) is 10.7. The molecule has 0 saturated heterocycles. The summed E-state index contributed by atoms with van der Waals surface area (Å²) in [6.45, 7) is 5.83. The Balaban J connectivity index is 2.03. The number of methoxy groups -OCH3 is 1. The maximum absolute atomic E-state index is 13.6. The third-order valence-electron chi connectivity index (χ3n) is 6.47. The van der Waals surface area contributed by atoms with E-state index in [0.717, 1.165) is 31.7 Å². The molecule has 2 aromatic rings. The van der Waals surface area contributed by atoms with Crippen molar-refractivity contribution >= 4 is 28.9 Å². The molecule has 0 aromatic heterocycles. The van der Waals surface area contributed by atoms with Gasteiger partial charge >= 0.3 is 12.1 Å². The fraction of sp³-hybridized carbons (Fsp3) is 0.462. The third kappa shape index (κ3) is 5.85. The Hall–Kier alpha value is -3.43. The lowest BCUT2D eigenvalue weighted by atomic mass is 9.82. The number of nitrogens with zero attached hydrogens (tertiary/aromatic N) is 1. The van der Waals surface area contributed by atoms with Crippen molar-refractivity contribution in [3.05, 3.63) is 41.5 Å². The highest BCUT2D eigenvalue weighted by atomic mass is 19.4. The molecule has 1 fully saturated rings. The van der Waals surface area contributed by atoms with Crippen molar-refractivity contribution in [1.29, 1.82) is 0 Å². The van der Waals surface area contributed by atoms with E-state index in [0.29, 0.717) is 17.7 Å². The van der Waals surface area contributed by atoms with Crippen molar-refractivity contribution in [3.8, 4) is 11.5 Å². The molecule has 2 aromatic carbocycles. The van der Waals surface area contributed by atoms with Crippen molar-refractivity contribution in [2.75, 3.05) is 23.5 Å². The molecule has 1 amide bonds. The lowest BCUT2D eigenvalue weighted by molar-refractivity contribution is -0.138. The molecule has 0 spiro atoms. The first kappa shape index (κ1) is 27.2. The molecule has 4 N–H and O–H groups in total. The van der Waals surface area contributed by atoms with E-state index in [1.165, 1.54) is 25.3 Å². The Kier molecular flexibility index (Phi) is 8.05. The van der Waals surface area contributed by atoms with Crippen molar-refractivity contribution < 1.29 is 32.2 Å². The van der Waals surface area contributed by atoms with Gasteiger partial charge in [-0.05, 0) is 69.7 Å². The Morgan fingerprint density at radius 2 is 1.64 bits per heavy atom. The average molecular weight is 508 g/mol. The number of esters is 1. The lowest BCUT2D eigenvalue weighted by Crippen LogP contribution is -2.43. The van der Waals surface area contributed by atoms with Crippen LogP contribution in [0.25, 0.3) is 0 Å². The fourth-order valence-corrected chi connectivity index (χ4v) is 4.46. The fourth-order valence-electron chi connectivity index (χ4n) is 4.46. The number of amides is 1. The van der Waals surface area contributed by atoms with Gasteiger partial charge in [-0.25, -0.2) is 4.79 Å². The number of anilines is 3. The molecule has 0 radical (unpaired) electrons. The summed E-state index contributed by atoms with van der Waals surface area (Å²) >= 11 is 0. The Morgan fingerprint density at radius 1 is 1.03 bits per heavy atom. The highest BCUT2D eigenvalue weighted by molar-refractivity contribution is 6.04. The number of carbonyl (C=O) groups excluding carboxylic acids is 2. The van der Waals surface area contributed by atoms with Crippen molar-refractivity contribution in [2.24, 2.45) is 11.8 Å². The first-order valence-corrected chi connectivity index (χ1v) is 11.8. The average Bonchev–Trinajstić information content (AvgIpc) is 2.81. The zero-order valence-electron chi connectivity index (χ0n) is 20.8. The van der Waals surface area contributed by atoms with Crippen LogP contribution in [0.15, 0.2) is 30.3 Å². The van der Waals surface area contributed by atoms with Crippen molar-refractivity contribution in [3.63, 3.8) is 0 Å². The minimum absolute atomic E-state index is 0.00166. The molecular weight excluding hydrogens is 475 g/mol. The van der Waals surface area contributed by atoms with E-state index in [9.17, 15) is 22.8 Å². The van der Waals surface area contributed by atoms with E-state index in [-0.39, 0.29) is 40.6 Å². The minimum atomic E-state index is -4.75. The molecule has 0 bridgehead atoms. The van der Waals surface area contributed by atoms with Crippen LogP contribution in [-0.4, -0.2) is 25.0 Å². The van der Waals surface area contributed by atoms with Gasteiger partial charge in [-0.15, -0.1) is 0 Å². The molecule has 1 aliphatic rings. The SMILES string of the molecule is COC(=O)c1cc(Oc2cc(N)c(N)cc2C(F)(F)F)ccc1N(C(=O)C1CCC(C)CC1)C(C)C. The van der Waals surface area contributed by atoms with E-state index < -0.39 is 23.5 Å². The van der Waals surface area contributed by atoms with Gasteiger partial charge in [0.1, 0.15) is 17.1 Å². The highest BCUT2D eigenvalue weighted by Crippen LogP contribution is 2.42. The Morgan fingerprint density at radius 3 is 2.19 bits per heavy atom. The summed E-state index contributed by atoms with van der Waals surface area (Å²) in [5, 5.41) is 0. The molecule has 3 rings (SSSR count). The first-order valence-electron chi connectivity index (χ1n) is 11.8. The number of carbonyl (C=O) groups is 2. The summed E-state index contributed by atoms with van der Waals surface area (Å²) in [5.74, 6) is -1.08. The van der Waals surface area contributed by atoms with Crippen LogP contribution < -0.4 is 21.1 Å². The smallest absolute Gasteiger partial charge is 0.420 e. The van der Waals surface area contributed by atoms with Crippen LogP contribution in [0.3, 0.4) is 0 Å². The molecule has 10 heteroatoms. The monoisotopic (exact) mass is 507 g/mol. The van der Waals surface area contributed by atoms with E-state index in [4.69, 9.17) is 20.9 Å². The maximum atomic E-state index is 13.6. The van der Waals surface area contributed by atoms with Crippen LogP contribution in [0.2, 0.25) is 0 Å². The standard InChI is InChI=1S/C26H32F3N3O4/c1-14(2)32(24(33)16-7-5-15(3)6-8-16)22-10-9-17(11-18(22)25(34)35-4)36-23-13-21(31)20(30)12-19(23)26(27,28)29/h9-16H,5-8,30-31H2,1-4H3. The molecule has 1 saturated carbocycles. The lowest BCUT2D eigenvalue weighted by Gasteiger charge is -2.34. The van der Waals surface area contributed by atoms with Gasteiger partial charge in [-0.2, -0.15) is 13.2 Å². The number of hydrogen-bond acceptors (Lipinski definition) is 6. The van der Waals surface area contributed by atoms with E-state index >= 15 is 0 Å². The number of benzene rings is 2. The second-order valence-corrected chi connectivity index (χ2v) is 9.51. The maximum Gasteiger partial charge on any atom is 0.420 e. The third-order valence-corrected chi connectivity index (χ3v) is 6.47. The van der Waals surface area contributed by atoms with Crippen molar-refractivity contribution in [2.45, 2.75) is 58.7 Å². The highest BCUT2D eigenvalue weighted by Gasteiger charge is 2.36. The molecule has 0 atom stereocenters. The largest absolute Gasteiger partial charge is 0.465 e. The van der Waals surface area contributed by atoms with Gasteiger partial charge in [0.25, 0.3) is 0 Å². The van der Waals surface area contributed by atoms with Gasteiger partial charge < -0.3 is 25.8 Å². The van der Waals surface area contributed by atoms with Crippen LogP contribution in [0.1, 0.15) is 62.4 Å². The first-order chi connectivity index (χ1) is 16.8. The van der Waals surface area contributed by atoms with E-state index in [1.807, 2.05) is 13.8 Å². The Labute approximate surface area is 208 Å². The molecule has 1 aliphatic carbocycles. The zero-order chi connectivity index (χ0) is 26.8. The van der Waals surface area contributed by atoms with E-state index in [1.54, 1.807) is 4.90 Å². The van der Waals surface area contributed by atoms with Gasteiger partial charge in [-0.3, -0.25) is 4.79 Å². The van der Waals surface area contributed by atoms with Crippen molar-refractivity contribution in [1.82, 2.24) is 0 Å². The normalized spacial score (nSPS) is 18.1. The molecule has 196 valence electrons. The predicted octanol–water partition coefficient (Wildman–Crippen LogP) is 6.02. The van der Waals surface area contributed by atoms with Gasteiger partial charge in [0.15, 0.2) is 0 Å². The van der Waals surface area contributed by atoms with E-state index in [2.05, 4.69) is 6.92 Å². The number of halogens is 3. The van der Waals surface area contributed by atoms with Gasteiger partial charge in [0.05, 0.1) is 29.7 Å². The minimum Gasteiger partial charge on any atom is -0.465 e. The molecule has 7 nitrogen and oxygen atoms in total. The predicted molar refractivity (Wildman–Crippen MR) is 132 cm³/mol. The summed E-state index contributed by atoms with van der Waals surface area (Å²) in [6, 6.07) is 5.56. The van der Waals surface area contributed by atoms with Gasteiger partial charge in [0, 0.05) is 18.0 Å². The summed E-state index contributed by atoms with van der Waals surface area (Å²) in [5.41, 5.74) is 10.1. The number of alkyl halides is 3. The van der Waals surface area contributed by atoms with Crippen LogP contribution in [0, 0.1) is 11.8 Å². The zero-order valence-corrected chi connectivity index (χ0v) is 20.8. The van der Waals surface area contributed by atoms with Gasteiger partial charge in [0.2, 0.25) is 5.91 Å². The molecule has 0 unspecified atom stereocenters.